The van der Waals surface area contributed by atoms with E-state index in [1.54, 1.807) is 12.0 Å². The molecule has 1 fully saturated rings. The lowest BCUT2D eigenvalue weighted by molar-refractivity contribution is -0.118. The van der Waals surface area contributed by atoms with Crippen LogP contribution < -0.4 is 15.0 Å². The van der Waals surface area contributed by atoms with Gasteiger partial charge in [-0.25, -0.2) is 4.98 Å². The van der Waals surface area contributed by atoms with E-state index in [9.17, 15) is 4.79 Å². The van der Waals surface area contributed by atoms with E-state index in [-0.39, 0.29) is 0 Å². The summed E-state index contributed by atoms with van der Waals surface area (Å²) >= 11 is 0. The Labute approximate surface area is 154 Å². The second kappa shape index (κ2) is 8.51. The number of nitrogens with one attached hydrogen (secondary N) is 1. The first-order chi connectivity index (χ1) is 12.7. The van der Waals surface area contributed by atoms with Crippen LogP contribution in [-0.2, 0) is 11.2 Å². The minimum Gasteiger partial charge on any atom is -0.497 e. The van der Waals surface area contributed by atoms with E-state index in [1.807, 2.05) is 25.1 Å². The Bertz CT molecular complexity index is 727. The van der Waals surface area contributed by atoms with Crippen molar-refractivity contribution >= 4 is 18.2 Å². The Morgan fingerprint density at radius 1 is 1.15 bits per heavy atom. The summed E-state index contributed by atoms with van der Waals surface area (Å²) in [6, 6.07) is 10.1. The molecule has 26 heavy (non-hydrogen) atoms. The minimum absolute atomic E-state index is 0.645. The van der Waals surface area contributed by atoms with Crippen LogP contribution in [-0.4, -0.2) is 61.1 Å². The molecule has 0 unspecified atom stereocenters. The van der Waals surface area contributed by atoms with Gasteiger partial charge in [-0.3, -0.25) is 4.79 Å². The summed E-state index contributed by atoms with van der Waals surface area (Å²) in [5, 5.41) is 3.32. The highest BCUT2D eigenvalue weighted by Crippen LogP contribution is 2.17. The molecule has 7 nitrogen and oxygen atoms in total. The summed E-state index contributed by atoms with van der Waals surface area (Å²) in [6.07, 6.45) is 1.79. The Hall–Kier alpha value is -2.83. The molecule has 1 saturated heterocycles. The predicted octanol–water partition coefficient (Wildman–Crippen LogP) is 1.73. The van der Waals surface area contributed by atoms with Crippen molar-refractivity contribution in [1.82, 2.24) is 14.9 Å². The second-order valence-electron chi connectivity index (χ2n) is 6.34. The van der Waals surface area contributed by atoms with Crippen molar-refractivity contribution in [2.45, 2.75) is 13.3 Å². The fourth-order valence-electron chi connectivity index (χ4n) is 2.96. The monoisotopic (exact) mass is 355 g/mol. The Morgan fingerprint density at radius 2 is 1.88 bits per heavy atom. The standard InChI is InChI=1S/C19H25N5O2/c1-15-13-18(24-11-9-23(14-25)10-12-24)22-19(21-15)20-8-7-16-3-5-17(26-2)6-4-16/h3-6,13-14H,7-12H2,1-2H3,(H,20,21,22). The molecule has 1 amide bonds. The average molecular weight is 355 g/mol. The number of benzene rings is 1. The molecule has 2 aromatic rings. The van der Waals surface area contributed by atoms with E-state index in [4.69, 9.17) is 4.74 Å². The van der Waals surface area contributed by atoms with E-state index in [2.05, 4.69) is 32.3 Å². The zero-order valence-electron chi connectivity index (χ0n) is 15.3. The van der Waals surface area contributed by atoms with Gasteiger partial charge in [0, 0.05) is 44.5 Å². The normalized spacial score (nSPS) is 14.2. The smallest absolute Gasteiger partial charge is 0.224 e. The van der Waals surface area contributed by atoms with Gasteiger partial charge >= 0.3 is 0 Å². The number of ether oxygens (including phenoxy) is 1. The Balaban J connectivity index is 1.57. The minimum atomic E-state index is 0.645. The molecule has 0 bridgehead atoms. The molecular weight excluding hydrogens is 330 g/mol. The maximum absolute atomic E-state index is 10.8. The zero-order valence-corrected chi connectivity index (χ0v) is 15.3. The van der Waals surface area contributed by atoms with Crippen molar-refractivity contribution < 1.29 is 9.53 Å². The van der Waals surface area contributed by atoms with Gasteiger partial charge < -0.3 is 19.9 Å². The topological polar surface area (TPSA) is 70.6 Å². The first-order valence-electron chi connectivity index (χ1n) is 8.85. The number of piperazine rings is 1. The lowest BCUT2D eigenvalue weighted by atomic mass is 10.1. The molecule has 1 aromatic carbocycles. The summed E-state index contributed by atoms with van der Waals surface area (Å²) in [5.74, 6) is 2.42. The van der Waals surface area contributed by atoms with Gasteiger partial charge in [0.1, 0.15) is 11.6 Å². The van der Waals surface area contributed by atoms with E-state index < -0.39 is 0 Å². The molecule has 1 aliphatic heterocycles. The molecule has 0 radical (unpaired) electrons. The van der Waals surface area contributed by atoms with Crippen molar-refractivity contribution in [2.75, 3.05) is 50.1 Å². The summed E-state index contributed by atoms with van der Waals surface area (Å²) < 4.78 is 5.18. The fourth-order valence-corrected chi connectivity index (χ4v) is 2.96. The van der Waals surface area contributed by atoms with Gasteiger partial charge in [-0.15, -0.1) is 0 Å². The molecule has 1 aromatic heterocycles. The van der Waals surface area contributed by atoms with Crippen molar-refractivity contribution in [3.05, 3.63) is 41.6 Å². The van der Waals surface area contributed by atoms with Crippen LogP contribution in [0.4, 0.5) is 11.8 Å². The molecule has 2 heterocycles. The molecule has 1 aliphatic rings. The highest BCUT2D eigenvalue weighted by molar-refractivity contribution is 5.50. The Kier molecular flexibility index (Phi) is 5.88. The fraction of sp³-hybridized carbons (Fsp3) is 0.421. The predicted molar refractivity (Wildman–Crippen MR) is 102 cm³/mol. The number of anilines is 2. The number of hydrogen-bond donors (Lipinski definition) is 1. The lowest BCUT2D eigenvalue weighted by Crippen LogP contribution is -2.46. The number of amides is 1. The first-order valence-corrected chi connectivity index (χ1v) is 8.85. The molecule has 0 aliphatic carbocycles. The molecule has 7 heteroatoms. The van der Waals surface area contributed by atoms with Crippen molar-refractivity contribution in [3.63, 3.8) is 0 Å². The maximum Gasteiger partial charge on any atom is 0.224 e. The second-order valence-corrected chi connectivity index (χ2v) is 6.34. The number of methoxy groups -OCH3 is 1. The van der Waals surface area contributed by atoms with Gasteiger partial charge in [0.15, 0.2) is 0 Å². The van der Waals surface area contributed by atoms with Crippen molar-refractivity contribution in [1.29, 1.82) is 0 Å². The lowest BCUT2D eigenvalue weighted by Gasteiger charge is -2.33. The van der Waals surface area contributed by atoms with Gasteiger partial charge in [0.25, 0.3) is 0 Å². The van der Waals surface area contributed by atoms with E-state index >= 15 is 0 Å². The van der Waals surface area contributed by atoms with Crippen molar-refractivity contribution in [3.8, 4) is 5.75 Å². The van der Waals surface area contributed by atoms with Gasteiger partial charge in [-0.05, 0) is 31.0 Å². The molecule has 138 valence electrons. The van der Waals surface area contributed by atoms with Gasteiger partial charge in [0.2, 0.25) is 12.4 Å². The zero-order chi connectivity index (χ0) is 18.4. The quantitative estimate of drug-likeness (QED) is 0.763. The molecule has 0 spiro atoms. The summed E-state index contributed by atoms with van der Waals surface area (Å²) in [7, 11) is 1.67. The molecule has 0 saturated carbocycles. The number of aryl methyl sites for hydroxylation is 1. The Morgan fingerprint density at radius 3 is 2.54 bits per heavy atom. The van der Waals surface area contributed by atoms with Crippen LogP contribution in [0.15, 0.2) is 30.3 Å². The molecule has 0 atom stereocenters. The average Bonchev–Trinajstić information content (AvgIpc) is 2.68. The third-order valence-electron chi connectivity index (χ3n) is 4.48. The number of hydrogen-bond acceptors (Lipinski definition) is 6. The molecule has 1 N–H and O–H groups in total. The van der Waals surface area contributed by atoms with E-state index in [0.717, 1.165) is 62.8 Å². The van der Waals surface area contributed by atoms with Crippen LogP contribution in [0.2, 0.25) is 0 Å². The van der Waals surface area contributed by atoms with Gasteiger partial charge in [-0.1, -0.05) is 12.1 Å². The number of nitrogens with zero attached hydrogens (tertiary/aromatic N) is 4. The third kappa shape index (κ3) is 4.62. The summed E-state index contributed by atoms with van der Waals surface area (Å²) in [6.45, 7) is 5.77. The van der Waals surface area contributed by atoms with Crippen LogP contribution in [0.1, 0.15) is 11.3 Å². The van der Waals surface area contributed by atoms with E-state index in [0.29, 0.717) is 5.95 Å². The van der Waals surface area contributed by atoms with Crippen molar-refractivity contribution in [2.24, 2.45) is 0 Å². The van der Waals surface area contributed by atoms with Gasteiger partial charge in [0.05, 0.1) is 7.11 Å². The SMILES string of the molecule is COc1ccc(CCNc2nc(C)cc(N3CCN(C=O)CC3)n2)cc1. The van der Waals surface area contributed by atoms with Crippen LogP contribution in [0, 0.1) is 6.92 Å². The van der Waals surface area contributed by atoms with Crippen LogP contribution >= 0.6 is 0 Å². The summed E-state index contributed by atoms with van der Waals surface area (Å²) in [4.78, 5) is 24.0. The van der Waals surface area contributed by atoms with Crippen LogP contribution in [0.3, 0.4) is 0 Å². The highest BCUT2D eigenvalue weighted by atomic mass is 16.5. The molecular formula is C19H25N5O2. The number of aromatic nitrogens is 2. The number of carbonyl (C=O) groups is 1. The first kappa shape index (κ1) is 18.0. The molecule has 3 rings (SSSR count). The van der Waals surface area contributed by atoms with Gasteiger partial charge in [-0.2, -0.15) is 4.98 Å². The highest BCUT2D eigenvalue weighted by Gasteiger charge is 2.17. The third-order valence-corrected chi connectivity index (χ3v) is 4.48. The van der Waals surface area contributed by atoms with Crippen LogP contribution in [0.25, 0.3) is 0 Å². The van der Waals surface area contributed by atoms with Crippen LogP contribution in [0.5, 0.6) is 5.75 Å². The maximum atomic E-state index is 10.8. The summed E-state index contributed by atoms with van der Waals surface area (Å²) in [5.41, 5.74) is 2.16. The van der Waals surface area contributed by atoms with E-state index in [1.165, 1.54) is 5.56 Å². The number of carbonyl (C=O) groups excluding carboxylic acids is 1. The number of rotatable bonds is 7. The largest absolute Gasteiger partial charge is 0.497 e.